The van der Waals surface area contributed by atoms with Crippen molar-refractivity contribution in [2.24, 2.45) is 0 Å². The average molecular weight is 395 g/mol. The topological polar surface area (TPSA) is 49.6 Å². The van der Waals surface area contributed by atoms with Crippen molar-refractivity contribution in [2.45, 2.75) is 25.9 Å². The number of imidazole rings is 1. The van der Waals surface area contributed by atoms with E-state index < -0.39 is 0 Å². The van der Waals surface area contributed by atoms with E-state index in [2.05, 4.69) is 33.4 Å². The van der Waals surface area contributed by atoms with E-state index >= 15 is 0 Å². The second-order valence-corrected chi connectivity index (χ2v) is 7.38. The van der Waals surface area contributed by atoms with Gasteiger partial charge in [0.25, 0.3) is 0 Å². The Kier molecular flexibility index (Phi) is 5.74. The lowest BCUT2D eigenvalue weighted by atomic mass is 10.1. The normalized spacial score (nSPS) is 14.9. The first kappa shape index (κ1) is 18.7. The van der Waals surface area contributed by atoms with Crippen LogP contribution < -0.4 is 5.32 Å². The average Bonchev–Trinajstić information content (AvgIpc) is 3.32. The number of nitrogens with zero attached hydrogens (tertiary/aromatic N) is 3. The third-order valence-electron chi connectivity index (χ3n) is 5.08. The molecule has 28 heavy (non-hydrogen) atoms. The Hall–Kier alpha value is -2.63. The Bertz CT molecular complexity index is 1000. The molecule has 1 N–H and O–H groups in total. The van der Waals surface area contributed by atoms with Crippen molar-refractivity contribution in [3.8, 4) is 0 Å². The highest BCUT2D eigenvalue weighted by Gasteiger charge is 2.13. The highest BCUT2D eigenvalue weighted by molar-refractivity contribution is 6.31. The fourth-order valence-electron chi connectivity index (χ4n) is 3.60. The highest BCUT2D eigenvalue weighted by Crippen LogP contribution is 2.19. The van der Waals surface area contributed by atoms with E-state index in [1.54, 1.807) is 6.08 Å². The van der Waals surface area contributed by atoms with Crippen LogP contribution in [0.15, 0.2) is 54.7 Å². The van der Waals surface area contributed by atoms with Gasteiger partial charge in [-0.15, -0.1) is 0 Å². The summed E-state index contributed by atoms with van der Waals surface area (Å²) in [5.41, 5.74) is 3.88. The van der Waals surface area contributed by atoms with E-state index in [0.717, 1.165) is 30.8 Å². The van der Waals surface area contributed by atoms with Gasteiger partial charge in [0, 0.05) is 25.4 Å². The zero-order chi connectivity index (χ0) is 19.3. The van der Waals surface area contributed by atoms with E-state index in [1.165, 1.54) is 24.5 Å². The molecule has 1 aliphatic rings. The standard InChI is InChI=1S/C22H23ClN4O/c23-22-19(27-14-4-3-9-20(27)25-22)10-11-21(28)24-15-17-7-1-2-8-18(17)16-26-12-5-6-13-26/h1-4,7-11,14H,5-6,12-13,15-16H2,(H,24,28)/b11-10+. The first-order valence-corrected chi connectivity index (χ1v) is 9.96. The van der Waals surface area contributed by atoms with Gasteiger partial charge >= 0.3 is 0 Å². The van der Waals surface area contributed by atoms with Crippen LogP contribution in [0.5, 0.6) is 0 Å². The SMILES string of the molecule is O=C(/C=C/c1c(Cl)nc2ccccn12)NCc1ccccc1CN1CCCC1. The number of benzene rings is 1. The summed E-state index contributed by atoms with van der Waals surface area (Å²) in [6, 6.07) is 14.0. The number of hydrogen-bond acceptors (Lipinski definition) is 3. The summed E-state index contributed by atoms with van der Waals surface area (Å²) in [5, 5.41) is 3.36. The molecule has 6 heteroatoms. The zero-order valence-corrected chi connectivity index (χ0v) is 16.4. The molecule has 1 aliphatic heterocycles. The van der Waals surface area contributed by atoms with Crippen LogP contribution in [-0.2, 0) is 17.9 Å². The smallest absolute Gasteiger partial charge is 0.244 e. The van der Waals surface area contributed by atoms with Gasteiger partial charge in [-0.2, -0.15) is 0 Å². The number of amides is 1. The van der Waals surface area contributed by atoms with Crippen molar-refractivity contribution < 1.29 is 4.79 Å². The summed E-state index contributed by atoms with van der Waals surface area (Å²) in [5.74, 6) is -0.155. The van der Waals surface area contributed by atoms with Crippen LogP contribution in [0.3, 0.4) is 0 Å². The van der Waals surface area contributed by atoms with Crippen molar-refractivity contribution in [1.82, 2.24) is 19.6 Å². The first-order valence-electron chi connectivity index (χ1n) is 9.58. The van der Waals surface area contributed by atoms with Gasteiger partial charge in [-0.1, -0.05) is 41.9 Å². The second kappa shape index (κ2) is 8.59. The molecule has 0 saturated carbocycles. The van der Waals surface area contributed by atoms with Crippen LogP contribution in [0.1, 0.15) is 29.7 Å². The predicted molar refractivity (Wildman–Crippen MR) is 112 cm³/mol. The number of rotatable bonds is 6. The van der Waals surface area contributed by atoms with Crippen LogP contribution >= 0.6 is 11.6 Å². The molecule has 144 valence electrons. The maximum Gasteiger partial charge on any atom is 0.244 e. The molecule has 5 nitrogen and oxygen atoms in total. The van der Waals surface area contributed by atoms with Crippen LogP contribution in [0.2, 0.25) is 5.15 Å². The fraction of sp³-hybridized carbons (Fsp3) is 0.273. The van der Waals surface area contributed by atoms with Crippen LogP contribution in [0, 0.1) is 0 Å². The summed E-state index contributed by atoms with van der Waals surface area (Å²) in [6.45, 7) is 3.76. The lowest BCUT2D eigenvalue weighted by molar-refractivity contribution is -0.116. The number of pyridine rings is 1. The molecule has 2 aromatic heterocycles. The number of carbonyl (C=O) groups is 1. The molecule has 0 atom stereocenters. The van der Waals surface area contributed by atoms with Gasteiger partial charge < -0.3 is 5.32 Å². The number of fused-ring (bicyclic) bond motifs is 1. The summed E-state index contributed by atoms with van der Waals surface area (Å²) < 4.78 is 1.86. The van der Waals surface area contributed by atoms with Gasteiger partial charge in [0.1, 0.15) is 5.65 Å². The molecule has 4 rings (SSSR count). The van der Waals surface area contributed by atoms with Gasteiger partial charge in [0.2, 0.25) is 5.91 Å². The molecule has 3 aromatic rings. The van der Waals surface area contributed by atoms with Gasteiger partial charge in [-0.25, -0.2) is 4.98 Å². The lowest BCUT2D eigenvalue weighted by Crippen LogP contribution is -2.23. The van der Waals surface area contributed by atoms with Gasteiger partial charge in [0.05, 0.1) is 5.69 Å². The molecule has 0 bridgehead atoms. The van der Waals surface area contributed by atoms with Crippen LogP contribution in [0.25, 0.3) is 11.7 Å². The van der Waals surface area contributed by atoms with Crippen LogP contribution in [-0.4, -0.2) is 33.3 Å². The zero-order valence-electron chi connectivity index (χ0n) is 15.6. The van der Waals surface area contributed by atoms with E-state index in [4.69, 9.17) is 11.6 Å². The van der Waals surface area contributed by atoms with Crippen LogP contribution in [0.4, 0.5) is 0 Å². The number of halogens is 1. The Labute approximate surface area is 169 Å². The number of aromatic nitrogens is 2. The summed E-state index contributed by atoms with van der Waals surface area (Å²) in [4.78, 5) is 19.1. The predicted octanol–water partition coefficient (Wildman–Crippen LogP) is 3.91. The Morgan fingerprint density at radius 2 is 1.86 bits per heavy atom. The summed E-state index contributed by atoms with van der Waals surface area (Å²) in [7, 11) is 0. The third kappa shape index (κ3) is 4.26. The molecule has 0 spiro atoms. The maximum atomic E-state index is 12.3. The molecule has 0 unspecified atom stereocenters. The molecule has 1 aromatic carbocycles. The molecule has 0 aliphatic carbocycles. The molecule has 0 radical (unpaired) electrons. The van der Waals surface area contributed by atoms with Gasteiger partial charge in [-0.05, 0) is 55.3 Å². The summed E-state index contributed by atoms with van der Waals surface area (Å²) >= 11 is 6.21. The maximum absolute atomic E-state index is 12.3. The van der Waals surface area contributed by atoms with Crippen molar-refractivity contribution in [3.05, 3.63) is 76.7 Å². The van der Waals surface area contributed by atoms with Crippen molar-refractivity contribution in [3.63, 3.8) is 0 Å². The van der Waals surface area contributed by atoms with Gasteiger partial charge in [-0.3, -0.25) is 14.1 Å². The van der Waals surface area contributed by atoms with E-state index in [0.29, 0.717) is 17.4 Å². The van der Waals surface area contributed by atoms with Crippen molar-refractivity contribution in [2.75, 3.05) is 13.1 Å². The fourth-order valence-corrected chi connectivity index (χ4v) is 3.84. The monoisotopic (exact) mass is 394 g/mol. The highest BCUT2D eigenvalue weighted by atomic mass is 35.5. The first-order chi connectivity index (χ1) is 13.7. The van der Waals surface area contributed by atoms with E-state index in [-0.39, 0.29) is 5.91 Å². The number of carbonyl (C=O) groups excluding carboxylic acids is 1. The molecular weight excluding hydrogens is 372 g/mol. The molecule has 1 saturated heterocycles. The molecular formula is C22H23ClN4O. The third-order valence-corrected chi connectivity index (χ3v) is 5.36. The minimum atomic E-state index is -0.155. The Morgan fingerprint density at radius 1 is 1.11 bits per heavy atom. The minimum Gasteiger partial charge on any atom is -0.348 e. The second-order valence-electron chi connectivity index (χ2n) is 7.02. The molecule has 1 amide bonds. The van der Waals surface area contributed by atoms with E-state index in [1.807, 2.05) is 34.9 Å². The van der Waals surface area contributed by atoms with Crippen molar-refractivity contribution in [1.29, 1.82) is 0 Å². The largest absolute Gasteiger partial charge is 0.348 e. The Balaban J connectivity index is 1.41. The van der Waals surface area contributed by atoms with E-state index in [9.17, 15) is 4.79 Å². The van der Waals surface area contributed by atoms with Crippen molar-refractivity contribution >= 4 is 29.2 Å². The quantitative estimate of drug-likeness (QED) is 0.645. The van der Waals surface area contributed by atoms with Gasteiger partial charge in [0.15, 0.2) is 5.15 Å². The minimum absolute atomic E-state index is 0.155. The number of hydrogen-bond donors (Lipinski definition) is 1. The molecule has 1 fully saturated rings. The number of likely N-dealkylation sites (tertiary alicyclic amines) is 1. The lowest BCUT2D eigenvalue weighted by Gasteiger charge is -2.17. The Morgan fingerprint density at radius 3 is 2.68 bits per heavy atom. The summed E-state index contributed by atoms with van der Waals surface area (Å²) in [6.07, 6.45) is 7.63. The molecule has 3 heterocycles. The number of nitrogens with one attached hydrogen (secondary N) is 1.